The molecule has 0 spiro atoms. The molecule has 0 fully saturated rings. The predicted octanol–water partition coefficient (Wildman–Crippen LogP) is 7.68. The molecular formula is C32H33NNi. The Bertz CT molecular complexity index is 1230. The molecule has 0 N–H and O–H groups in total. The zero-order valence-corrected chi connectivity index (χ0v) is 21.4. The van der Waals surface area contributed by atoms with Gasteiger partial charge in [0, 0.05) is 0 Å². The van der Waals surface area contributed by atoms with Gasteiger partial charge in [0.1, 0.15) is 0 Å². The monoisotopic (exact) mass is 489 g/mol. The topological polar surface area (TPSA) is 3.24 Å². The maximum atomic E-state index is 5.41. The zero-order chi connectivity index (χ0) is 24.2. The molecule has 0 amide bonds. The van der Waals surface area contributed by atoms with Crippen LogP contribution in [0, 0.1) is 0 Å². The molecule has 3 aromatic rings. The van der Waals surface area contributed by atoms with Gasteiger partial charge in [-0.15, -0.1) is 0 Å². The van der Waals surface area contributed by atoms with Crippen LogP contribution in [0.25, 0.3) is 0 Å². The molecule has 176 valence electrons. The van der Waals surface area contributed by atoms with Gasteiger partial charge in [-0.3, -0.25) is 0 Å². The van der Waals surface area contributed by atoms with Gasteiger partial charge >= 0.3 is 207 Å². The first-order chi connectivity index (χ1) is 16.3. The minimum absolute atomic E-state index is 0.0634. The molecule has 1 aliphatic heterocycles. The molecule has 0 bridgehead atoms. The molecule has 0 aromatic heterocycles. The molecule has 0 unspecified atom stereocenters. The van der Waals surface area contributed by atoms with Crippen molar-refractivity contribution in [3.8, 4) is 0 Å². The van der Waals surface area contributed by atoms with Gasteiger partial charge in [-0.25, -0.2) is 0 Å². The second kappa shape index (κ2) is 10.1. The average molecular weight is 490 g/mol. The van der Waals surface area contributed by atoms with Crippen LogP contribution in [0.1, 0.15) is 44.4 Å². The van der Waals surface area contributed by atoms with Crippen molar-refractivity contribution >= 4 is 10.2 Å². The van der Waals surface area contributed by atoms with Gasteiger partial charge in [0.05, 0.1) is 0 Å². The number of allylic oxidation sites excluding steroid dienone is 6. The van der Waals surface area contributed by atoms with Crippen LogP contribution in [0.2, 0.25) is 0 Å². The van der Waals surface area contributed by atoms with E-state index in [0.29, 0.717) is 0 Å². The van der Waals surface area contributed by atoms with Gasteiger partial charge in [0.25, 0.3) is 0 Å². The quantitative estimate of drug-likeness (QED) is 0.243. The van der Waals surface area contributed by atoms with Crippen molar-refractivity contribution in [2.75, 3.05) is 4.90 Å². The maximum absolute atomic E-state index is 5.41. The Labute approximate surface area is 212 Å². The van der Waals surface area contributed by atoms with Crippen LogP contribution < -0.4 is 4.90 Å². The summed E-state index contributed by atoms with van der Waals surface area (Å²) in [6, 6.07) is 29.9. The fourth-order valence-electron chi connectivity index (χ4n) is 4.61. The molecule has 1 nitrogen and oxygen atoms in total. The van der Waals surface area contributed by atoms with E-state index in [0.717, 1.165) is 11.0 Å². The van der Waals surface area contributed by atoms with Crippen LogP contribution in [0.4, 0.5) is 5.69 Å². The van der Waals surface area contributed by atoms with Gasteiger partial charge < -0.3 is 0 Å². The Hall–Kier alpha value is -2.96. The van der Waals surface area contributed by atoms with E-state index in [2.05, 4.69) is 142 Å². The van der Waals surface area contributed by atoms with E-state index in [9.17, 15) is 0 Å². The molecule has 34 heavy (non-hydrogen) atoms. The summed E-state index contributed by atoms with van der Waals surface area (Å²) < 4.78 is 0.968. The van der Waals surface area contributed by atoms with E-state index in [1.54, 1.807) is 0 Å². The zero-order valence-electron chi connectivity index (χ0n) is 20.4. The minimum atomic E-state index is -0.161. The van der Waals surface area contributed by atoms with Crippen LogP contribution in [0.15, 0.2) is 121 Å². The van der Waals surface area contributed by atoms with E-state index in [1.165, 1.54) is 28.1 Å². The van der Waals surface area contributed by atoms with E-state index < -0.39 is 0 Å². The first-order valence-electron chi connectivity index (χ1n) is 11.8. The SMILES string of the molecule is CC(C)([C](=[Ni])/C=C/C=C/C=C1/N(Cc2ccccc2)c2ccccc2C1(C)C)c1ccccc1. The standard InChI is InChI=1S/C32H33N.Ni/c1-31(2,27-19-11-8-12-20-27)24-16-6-5-13-23-30-32(3,4)28-21-14-15-22-29(28)33(30)25-26-17-9-7-10-18-26;/h5-23H,25H2,1-4H3;/b13-5+,16-6+,30-23+;. The summed E-state index contributed by atoms with van der Waals surface area (Å²) in [6.45, 7) is 9.86. The summed E-state index contributed by atoms with van der Waals surface area (Å²) >= 11 is 5.41. The van der Waals surface area contributed by atoms with Crippen molar-refractivity contribution in [1.82, 2.24) is 0 Å². The Balaban J connectivity index is 1.56. The number of benzene rings is 3. The molecule has 4 rings (SSSR count). The summed E-state index contributed by atoms with van der Waals surface area (Å²) in [6.07, 6.45) is 10.6. The molecule has 0 saturated carbocycles. The summed E-state index contributed by atoms with van der Waals surface area (Å²) in [7, 11) is 0. The van der Waals surface area contributed by atoms with Crippen molar-refractivity contribution in [3.63, 3.8) is 0 Å². The first-order valence-corrected chi connectivity index (χ1v) is 12.3. The van der Waals surface area contributed by atoms with Crippen molar-refractivity contribution in [1.29, 1.82) is 0 Å². The third-order valence-corrected chi connectivity index (χ3v) is 7.53. The fraction of sp³-hybridized carbons (Fsp3) is 0.219. The number of nitrogens with zero attached hydrogens (tertiary/aromatic N) is 1. The third-order valence-electron chi connectivity index (χ3n) is 6.75. The van der Waals surface area contributed by atoms with E-state index in [4.69, 9.17) is 15.0 Å². The summed E-state index contributed by atoms with van der Waals surface area (Å²) in [5, 5.41) is 0. The van der Waals surface area contributed by atoms with Crippen LogP contribution >= 0.6 is 0 Å². The number of hydrogen-bond acceptors (Lipinski definition) is 1. The Morgan fingerprint density at radius 2 is 1.44 bits per heavy atom. The second-order valence-electron chi connectivity index (χ2n) is 9.82. The summed E-state index contributed by atoms with van der Waals surface area (Å²) in [4.78, 5) is 2.45. The Morgan fingerprint density at radius 1 is 0.824 bits per heavy atom. The number of fused-ring (bicyclic) bond motifs is 1. The predicted molar refractivity (Wildman–Crippen MR) is 143 cm³/mol. The average Bonchev–Trinajstić information content (AvgIpc) is 3.06. The van der Waals surface area contributed by atoms with Gasteiger partial charge in [-0.1, -0.05) is 6.07 Å². The van der Waals surface area contributed by atoms with Gasteiger partial charge in [0.2, 0.25) is 0 Å². The van der Waals surface area contributed by atoms with E-state index >= 15 is 0 Å². The van der Waals surface area contributed by atoms with Crippen LogP contribution in [0.3, 0.4) is 0 Å². The third kappa shape index (κ3) is 4.93. The molecule has 0 radical (unpaired) electrons. The Morgan fingerprint density at radius 3 is 2.15 bits per heavy atom. The van der Waals surface area contributed by atoms with Crippen molar-refractivity contribution in [2.45, 2.75) is 45.1 Å². The summed E-state index contributed by atoms with van der Waals surface area (Å²) in [5.74, 6) is 0. The number of hydrogen-bond donors (Lipinski definition) is 0. The molecule has 0 aliphatic carbocycles. The van der Waals surface area contributed by atoms with Gasteiger partial charge in [-0.2, -0.15) is 0 Å². The number of rotatable bonds is 7. The van der Waals surface area contributed by atoms with Crippen molar-refractivity contribution in [2.24, 2.45) is 0 Å². The molecule has 0 saturated heterocycles. The fourth-order valence-corrected chi connectivity index (χ4v) is 4.85. The van der Waals surface area contributed by atoms with Gasteiger partial charge in [0.15, 0.2) is 0 Å². The summed E-state index contributed by atoms with van der Waals surface area (Å²) in [5.41, 5.74) is 6.29. The molecule has 1 heterocycles. The second-order valence-corrected chi connectivity index (χ2v) is 10.3. The van der Waals surface area contributed by atoms with E-state index in [1.807, 2.05) is 6.07 Å². The normalized spacial score (nSPS) is 16.5. The molecule has 1 aliphatic rings. The first kappa shape index (κ1) is 24.2. The van der Waals surface area contributed by atoms with E-state index in [-0.39, 0.29) is 10.8 Å². The van der Waals surface area contributed by atoms with Crippen molar-refractivity contribution in [3.05, 3.63) is 138 Å². The Kier molecular flexibility index (Phi) is 7.20. The van der Waals surface area contributed by atoms with Gasteiger partial charge in [-0.05, 0) is 0 Å². The molecule has 2 heteroatoms. The molecule has 3 aromatic carbocycles. The molecule has 0 atom stereocenters. The van der Waals surface area contributed by atoms with Crippen LogP contribution in [-0.2, 0) is 32.4 Å². The number of para-hydroxylation sites is 1. The molecular weight excluding hydrogens is 457 g/mol. The van der Waals surface area contributed by atoms with Crippen LogP contribution in [-0.4, -0.2) is 4.49 Å². The van der Waals surface area contributed by atoms with Crippen LogP contribution in [0.5, 0.6) is 0 Å². The number of anilines is 1. The van der Waals surface area contributed by atoms with Crippen molar-refractivity contribution < 1.29 is 15.0 Å².